The van der Waals surface area contributed by atoms with E-state index in [1.165, 1.54) is 6.42 Å². The molecule has 3 aliphatic heterocycles. The first-order chi connectivity index (χ1) is 18.1. The van der Waals surface area contributed by atoms with Crippen molar-refractivity contribution in [1.29, 1.82) is 5.26 Å². The van der Waals surface area contributed by atoms with Gasteiger partial charge in [-0.3, -0.25) is 0 Å². The van der Waals surface area contributed by atoms with Crippen molar-refractivity contribution in [3.63, 3.8) is 0 Å². The number of aryl methyl sites for hydroxylation is 1. The minimum atomic E-state index is -0.614. The van der Waals surface area contributed by atoms with Crippen LogP contribution in [-0.4, -0.2) is 67.4 Å². The molecule has 0 saturated carbocycles. The SMILES string of the molecule is CN1CCC[C@H]1COc1nc2c(c(N3CCCOCC3)n1)COC1(CCCc3ccc(N)c(C#N)c31)C2. The first kappa shape index (κ1) is 24.4. The third-order valence-corrected chi connectivity index (χ3v) is 8.51. The summed E-state index contributed by atoms with van der Waals surface area (Å²) in [4.78, 5) is 14.5. The first-order valence-corrected chi connectivity index (χ1v) is 13.6. The molecular formula is C28H36N6O3. The Kier molecular flexibility index (Phi) is 6.65. The summed E-state index contributed by atoms with van der Waals surface area (Å²) in [6.07, 6.45) is 6.60. The van der Waals surface area contributed by atoms with E-state index in [-0.39, 0.29) is 0 Å². The molecule has 2 fully saturated rings. The van der Waals surface area contributed by atoms with E-state index in [1.807, 2.05) is 6.07 Å². The summed E-state index contributed by atoms with van der Waals surface area (Å²) in [5.41, 5.74) is 10.8. The van der Waals surface area contributed by atoms with Crippen molar-refractivity contribution in [2.75, 3.05) is 57.1 Å². The van der Waals surface area contributed by atoms with Crippen LogP contribution in [0.5, 0.6) is 6.01 Å². The highest BCUT2D eigenvalue weighted by atomic mass is 16.5. The molecule has 1 unspecified atom stereocenters. The molecule has 0 radical (unpaired) electrons. The summed E-state index contributed by atoms with van der Waals surface area (Å²) in [5, 5.41) is 10.0. The minimum absolute atomic E-state index is 0.385. The van der Waals surface area contributed by atoms with Crippen LogP contribution in [0.15, 0.2) is 12.1 Å². The number of anilines is 2. The zero-order valence-electron chi connectivity index (χ0n) is 21.7. The van der Waals surface area contributed by atoms with E-state index in [2.05, 4.69) is 29.0 Å². The Morgan fingerprint density at radius 1 is 1.19 bits per heavy atom. The number of fused-ring (bicyclic) bond motifs is 3. The van der Waals surface area contributed by atoms with Gasteiger partial charge in [0.15, 0.2) is 0 Å². The molecule has 9 heteroatoms. The van der Waals surface area contributed by atoms with E-state index < -0.39 is 5.60 Å². The smallest absolute Gasteiger partial charge is 0.318 e. The molecule has 1 spiro atoms. The van der Waals surface area contributed by atoms with E-state index >= 15 is 0 Å². The van der Waals surface area contributed by atoms with Gasteiger partial charge in [0, 0.05) is 49.0 Å². The second kappa shape index (κ2) is 10.1. The number of rotatable bonds is 4. The molecule has 196 valence electrons. The average Bonchev–Trinajstić information content (AvgIpc) is 3.13. The highest BCUT2D eigenvalue weighted by Crippen LogP contribution is 2.48. The number of likely N-dealkylation sites (tertiary alicyclic amines) is 1. The Morgan fingerprint density at radius 2 is 2.11 bits per heavy atom. The number of nitrogens with two attached hydrogens (primary N) is 1. The van der Waals surface area contributed by atoms with Gasteiger partial charge in [-0.25, -0.2) is 0 Å². The predicted molar refractivity (Wildman–Crippen MR) is 140 cm³/mol. The van der Waals surface area contributed by atoms with Gasteiger partial charge in [0.2, 0.25) is 0 Å². The van der Waals surface area contributed by atoms with E-state index in [0.29, 0.717) is 49.5 Å². The van der Waals surface area contributed by atoms with Gasteiger partial charge in [0.05, 0.1) is 24.5 Å². The lowest BCUT2D eigenvalue weighted by Gasteiger charge is -2.43. The number of nitriles is 1. The molecule has 4 heterocycles. The molecule has 0 bridgehead atoms. The fourth-order valence-corrected chi connectivity index (χ4v) is 6.49. The number of nitrogens with zero attached hydrogens (tertiary/aromatic N) is 5. The highest BCUT2D eigenvalue weighted by Gasteiger charge is 2.45. The zero-order valence-corrected chi connectivity index (χ0v) is 21.7. The maximum Gasteiger partial charge on any atom is 0.318 e. The van der Waals surface area contributed by atoms with Crippen LogP contribution < -0.4 is 15.4 Å². The average molecular weight is 505 g/mol. The molecule has 2 saturated heterocycles. The summed E-state index contributed by atoms with van der Waals surface area (Å²) in [6, 6.07) is 7.09. The Bertz CT molecular complexity index is 1210. The van der Waals surface area contributed by atoms with Crippen LogP contribution >= 0.6 is 0 Å². The predicted octanol–water partition coefficient (Wildman–Crippen LogP) is 2.93. The Balaban J connectivity index is 1.39. The quantitative estimate of drug-likeness (QED) is 0.629. The van der Waals surface area contributed by atoms with Crippen LogP contribution in [0, 0.1) is 11.3 Å². The molecule has 1 aliphatic carbocycles. The normalized spacial score (nSPS) is 25.8. The monoisotopic (exact) mass is 504 g/mol. The van der Waals surface area contributed by atoms with Crippen LogP contribution in [0.1, 0.15) is 60.1 Å². The van der Waals surface area contributed by atoms with Crippen molar-refractivity contribution in [3.8, 4) is 12.1 Å². The Hall–Kier alpha value is -2.93. The van der Waals surface area contributed by atoms with Gasteiger partial charge in [-0.1, -0.05) is 6.07 Å². The van der Waals surface area contributed by atoms with Gasteiger partial charge in [-0.15, -0.1) is 0 Å². The van der Waals surface area contributed by atoms with Gasteiger partial charge in [0.25, 0.3) is 0 Å². The van der Waals surface area contributed by atoms with Gasteiger partial charge < -0.3 is 29.7 Å². The molecule has 1 aromatic carbocycles. The van der Waals surface area contributed by atoms with Crippen molar-refractivity contribution in [3.05, 3.63) is 40.1 Å². The third-order valence-electron chi connectivity index (χ3n) is 8.51. The van der Waals surface area contributed by atoms with Gasteiger partial charge in [-0.2, -0.15) is 15.2 Å². The topological polar surface area (TPSA) is 110 Å². The molecule has 37 heavy (non-hydrogen) atoms. The fraction of sp³-hybridized carbons (Fsp3) is 0.607. The molecule has 2 N–H and O–H groups in total. The lowest BCUT2D eigenvalue weighted by Crippen LogP contribution is -2.41. The largest absolute Gasteiger partial charge is 0.462 e. The molecule has 0 amide bonds. The maximum absolute atomic E-state index is 10.0. The van der Waals surface area contributed by atoms with E-state index in [0.717, 1.165) is 86.5 Å². The zero-order chi connectivity index (χ0) is 25.4. The van der Waals surface area contributed by atoms with E-state index in [9.17, 15) is 5.26 Å². The van der Waals surface area contributed by atoms with Crippen LogP contribution in [-0.2, 0) is 34.5 Å². The van der Waals surface area contributed by atoms with Crippen molar-refractivity contribution >= 4 is 11.5 Å². The standard InChI is InChI=1S/C28H36N6O3/c1-33-10-3-6-20(33)17-36-27-31-24-15-28(9-2-5-19-7-8-23(30)21(16-29)25(19)28)37-18-22(24)26(32-27)34-11-4-13-35-14-12-34/h7-8,20H,2-6,9-15,17-18,30H2,1H3/t20-,28?/m0/s1. The molecule has 6 rings (SSSR count). The van der Waals surface area contributed by atoms with Crippen molar-refractivity contribution < 1.29 is 14.2 Å². The van der Waals surface area contributed by atoms with Crippen molar-refractivity contribution in [1.82, 2.24) is 14.9 Å². The van der Waals surface area contributed by atoms with Gasteiger partial charge in [0.1, 0.15) is 24.1 Å². The molecule has 2 atom stereocenters. The van der Waals surface area contributed by atoms with Gasteiger partial charge >= 0.3 is 6.01 Å². The lowest BCUT2D eigenvalue weighted by molar-refractivity contribution is -0.0856. The minimum Gasteiger partial charge on any atom is -0.462 e. The molecule has 1 aromatic heterocycles. The second-order valence-electron chi connectivity index (χ2n) is 10.8. The van der Waals surface area contributed by atoms with Crippen molar-refractivity contribution in [2.45, 2.75) is 63.2 Å². The third kappa shape index (κ3) is 4.52. The number of nitrogen functional groups attached to an aromatic ring is 1. The summed E-state index contributed by atoms with van der Waals surface area (Å²) >= 11 is 0. The van der Waals surface area contributed by atoms with Crippen LogP contribution in [0.4, 0.5) is 11.5 Å². The lowest BCUT2D eigenvalue weighted by atomic mass is 9.72. The number of hydrogen-bond acceptors (Lipinski definition) is 9. The molecule has 9 nitrogen and oxygen atoms in total. The number of likely N-dealkylation sites (N-methyl/N-ethyl adjacent to an activating group) is 1. The van der Waals surface area contributed by atoms with E-state index in [4.69, 9.17) is 29.9 Å². The number of hydrogen-bond donors (Lipinski definition) is 1. The van der Waals surface area contributed by atoms with Crippen LogP contribution in [0.2, 0.25) is 0 Å². The fourth-order valence-electron chi connectivity index (χ4n) is 6.49. The van der Waals surface area contributed by atoms with Crippen molar-refractivity contribution in [2.24, 2.45) is 0 Å². The summed E-state index contributed by atoms with van der Waals surface area (Å²) < 4.78 is 18.7. The first-order valence-electron chi connectivity index (χ1n) is 13.6. The van der Waals surface area contributed by atoms with Crippen LogP contribution in [0.3, 0.4) is 0 Å². The molecular weight excluding hydrogens is 468 g/mol. The highest BCUT2D eigenvalue weighted by molar-refractivity contribution is 5.63. The Labute approximate surface area is 218 Å². The summed E-state index contributed by atoms with van der Waals surface area (Å²) in [6.45, 7) is 5.15. The maximum atomic E-state index is 10.0. The van der Waals surface area contributed by atoms with Crippen LogP contribution in [0.25, 0.3) is 0 Å². The number of ether oxygens (including phenoxy) is 3. The van der Waals surface area contributed by atoms with Gasteiger partial charge in [-0.05, 0) is 63.7 Å². The second-order valence-corrected chi connectivity index (χ2v) is 10.8. The number of aromatic nitrogens is 2. The van der Waals surface area contributed by atoms with E-state index in [1.54, 1.807) is 0 Å². The number of benzene rings is 1. The summed E-state index contributed by atoms with van der Waals surface area (Å²) in [7, 11) is 2.15. The molecule has 4 aliphatic rings. The Morgan fingerprint density at radius 3 is 2.95 bits per heavy atom. The summed E-state index contributed by atoms with van der Waals surface area (Å²) in [5.74, 6) is 0.893. The molecule has 2 aromatic rings.